The Hall–Kier alpha value is -3.00. The molecule has 2 nitrogen and oxygen atoms in total. The van der Waals surface area contributed by atoms with Crippen LogP contribution in [0.4, 0.5) is 0 Å². The molecule has 3 rings (SSSR count). The van der Waals surface area contributed by atoms with Crippen molar-refractivity contribution < 1.29 is 9.84 Å². The van der Waals surface area contributed by atoms with Gasteiger partial charge in [0.15, 0.2) is 0 Å². The van der Waals surface area contributed by atoms with Crippen molar-refractivity contribution in [2.24, 2.45) is 0 Å². The molecule has 1 N–H and O–H groups in total. The first kappa shape index (κ1) is 15.9. The van der Waals surface area contributed by atoms with E-state index in [4.69, 9.17) is 4.74 Å². The monoisotopic (exact) mass is 316 g/mol. The molecule has 0 aliphatic rings. The Morgan fingerprint density at radius 1 is 0.875 bits per heavy atom. The van der Waals surface area contributed by atoms with E-state index in [1.165, 1.54) is 0 Å². The van der Waals surface area contributed by atoms with Crippen molar-refractivity contribution in [2.75, 3.05) is 6.61 Å². The molecule has 0 unspecified atom stereocenters. The maximum absolute atomic E-state index is 10.3. The zero-order chi connectivity index (χ0) is 16.8. The molecule has 0 aromatic heterocycles. The van der Waals surface area contributed by atoms with E-state index in [1.54, 1.807) is 12.1 Å². The van der Waals surface area contributed by atoms with Gasteiger partial charge in [0.2, 0.25) is 0 Å². The van der Waals surface area contributed by atoms with Crippen LogP contribution in [-0.2, 0) is 0 Å². The second kappa shape index (κ2) is 7.51. The molecule has 0 atom stereocenters. The Kier molecular flexibility index (Phi) is 4.97. The first-order chi connectivity index (χ1) is 11.8. The van der Waals surface area contributed by atoms with Gasteiger partial charge in [-0.2, -0.15) is 0 Å². The van der Waals surface area contributed by atoms with Crippen molar-refractivity contribution in [1.82, 2.24) is 0 Å². The smallest absolute Gasteiger partial charge is 0.131 e. The van der Waals surface area contributed by atoms with E-state index in [9.17, 15) is 5.11 Å². The Morgan fingerprint density at radius 2 is 1.62 bits per heavy atom. The average molecular weight is 316 g/mol. The number of benzene rings is 3. The van der Waals surface area contributed by atoms with E-state index < -0.39 is 0 Å². The highest BCUT2D eigenvalue weighted by molar-refractivity contribution is 5.78. The van der Waals surface area contributed by atoms with Gasteiger partial charge in [-0.1, -0.05) is 66.7 Å². The molecular formula is C22H20O2. The Labute approximate surface area is 142 Å². The number of hydrogen-bond donors (Lipinski definition) is 1. The van der Waals surface area contributed by atoms with Gasteiger partial charge in [0.1, 0.15) is 18.1 Å². The third kappa shape index (κ3) is 3.66. The van der Waals surface area contributed by atoms with Gasteiger partial charge in [0.25, 0.3) is 0 Å². The number of phenols is 1. The molecule has 0 heterocycles. The largest absolute Gasteiger partial charge is 0.507 e. The third-order valence-corrected chi connectivity index (χ3v) is 3.86. The molecule has 0 spiro atoms. The minimum absolute atomic E-state index is 0.230. The minimum Gasteiger partial charge on any atom is -0.507 e. The molecule has 0 radical (unpaired) electrons. The highest BCUT2D eigenvalue weighted by Gasteiger charge is 2.12. The van der Waals surface area contributed by atoms with E-state index >= 15 is 0 Å². The summed E-state index contributed by atoms with van der Waals surface area (Å²) >= 11 is 0. The van der Waals surface area contributed by atoms with Crippen molar-refractivity contribution in [3.8, 4) is 22.6 Å². The van der Waals surface area contributed by atoms with Crippen molar-refractivity contribution >= 4 is 6.08 Å². The molecule has 0 bridgehead atoms. The van der Waals surface area contributed by atoms with Gasteiger partial charge < -0.3 is 9.84 Å². The zero-order valence-electron chi connectivity index (χ0n) is 13.6. The number of aryl methyl sites for hydroxylation is 1. The zero-order valence-corrected chi connectivity index (χ0v) is 13.6. The van der Waals surface area contributed by atoms with Crippen LogP contribution in [0.25, 0.3) is 17.2 Å². The van der Waals surface area contributed by atoms with Gasteiger partial charge in [-0.15, -0.1) is 0 Å². The maximum Gasteiger partial charge on any atom is 0.131 e. The summed E-state index contributed by atoms with van der Waals surface area (Å²) < 4.78 is 5.90. The van der Waals surface area contributed by atoms with Crippen molar-refractivity contribution in [3.63, 3.8) is 0 Å². The fourth-order valence-electron chi connectivity index (χ4n) is 2.65. The molecule has 2 heteroatoms. The quantitative estimate of drug-likeness (QED) is 0.677. The van der Waals surface area contributed by atoms with Crippen LogP contribution in [0.3, 0.4) is 0 Å². The molecule has 0 saturated heterocycles. The van der Waals surface area contributed by atoms with Crippen LogP contribution in [0.15, 0.2) is 78.9 Å². The van der Waals surface area contributed by atoms with Crippen molar-refractivity contribution in [2.45, 2.75) is 6.92 Å². The van der Waals surface area contributed by atoms with Gasteiger partial charge in [0, 0.05) is 0 Å². The summed E-state index contributed by atoms with van der Waals surface area (Å²) in [6.07, 6.45) is 4.00. The number of phenolic OH excluding ortho intramolecular Hbond substituents is 1. The van der Waals surface area contributed by atoms with Crippen molar-refractivity contribution in [1.29, 1.82) is 0 Å². The van der Waals surface area contributed by atoms with Crippen LogP contribution in [0.1, 0.15) is 11.1 Å². The summed E-state index contributed by atoms with van der Waals surface area (Å²) in [7, 11) is 0. The SMILES string of the molecule is Cc1ccccc1-c1c(O)cccc1OCC=Cc1ccccc1. The summed E-state index contributed by atoms with van der Waals surface area (Å²) in [6.45, 7) is 2.47. The summed E-state index contributed by atoms with van der Waals surface area (Å²) in [4.78, 5) is 0. The summed E-state index contributed by atoms with van der Waals surface area (Å²) in [6, 6.07) is 23.5. The molecule has 24 heavy (non-hydrogen) atoms. The minimum atomic E-state index is 0.230. The van der Waals surface area contributed by atoms with Gasteiger partial charge in [-0.05, 0) is 41.8 Å². The average Bonchev–Trinajstić information content (AvgIpc) is 2.61. The summed E-state index contributed by atoms with van der Waals surface area (Å²) in [5.74, 6) is 0.913. The lowest BCUT2D eigenvalue weighted by molar-refractivity contribution is 0.362. The Bertz CT molecular complexity index is 836. The first-order valence-electron chi connectivity index (χ1n) is 7.98. The number of ether oxygens (including phenoxy) is 1. The summed E-state index contributed by atoms with van der Waals surface area (Å²) in [5, 5.41) is 10.3. The topological polar surface area (TPSA) is 29.5 Å². The Balaban J connectivity index is 1.81. The molecule has 120 valence electrons. The Morgan fingerprint density at radius 3 is 2.42 bits per heavy atom. The van der Waals surface area contributed by atoms with Gasteiger partial charge >= 0.3 is 0 Å². The van der Waals surface area contributed by atoms with Crippen LogP contribution < -0.4 is 4.74 Å². The molecule has 3 aromatic rings. The highest BCUT2D eigenvalue weighted by atomic mass is 16.5. The normalized spacial score (nSPS) is 10.9. The second-order valence-corrected chi connectivity index (χ2v) is 5.59. The molecule has 0 aliphatic carbocycles. The van der Waals surface area contributed by atoms with Crippen LogP contribution in [-0.4, -0.2) is 11.7 Å². The van der Waals surface area contributed by atoms with Gasteiger partial charge in [-0.25, -0.2) is 0 Å². The number of rotatable bonds is 5. The van der Waals surface area contributed by atoms with E-state index in [0.29, 0.717) is 12.4 Å². The van der Waals surface area contributed by atoms with Gasteiger partial charge in [-0.3, -0.25) is 0 Å². The molecule has 0 amide bonds. The van der Waals surface area contributed by atoms with Crippen LogP contribution >= 0.6 is 0 Å². The lowest BCUT2D eigenvalue weighted by Crippen LogP contribution is -1.96. The molecular weight excluding hydrogens is 296 g/mol. The number of hydrogen-bond acceptors (Lipinski definition) is 2. The van der Waals surface area contributed by atoms with E-state index in [0.717, 1.165) is 22.3 Å². The fourth-order valence-corrected chi connectivity index (χ4v) is 2.65. The van der Waals surface area contributed by atoms with Crippen molar-refractivity contribution in [3.05, 3.63) is 90.0 Å². The predicted molar refractivity (Wildman–Crippen MR) is 99.3 cm³/mol. The third-order valence-electron chi connectivity index (χ3n) is 3.86. The lowest BCUT2D eigenvalue weighted by Gasteiger charge is -2.14. The highest BCUT2D eigenvalue weighted by Crippen LogP contribution is 2.39. The van der Waals surface area contributed by atoms with E-state index in [-0.39, 0.29) is 5.75 Å². The predicted octanol–water partition coefficient (Wildman–Crippen LogP) is 5.46. The standard InChI is InChI=1S/C22H20O2/c1-17-9-5-6-13-19(17)22-20(23)14-7-15-21(22)24-16-8-12-18-10-3-2-4-11-18/h2-15,23H,16H2,1H3. The van der Waals surface area contributed by atoms with Crippen LogP contribution in [0.2, 0.25) is 0 Å². The molecule has 0 fully saturated rings. The van der Waals surface area contributed by atoms with Crippen LogP contribution in [0, 0.1) is 6.92 Å². The molecule has 0 aliphatic heterocycles. The number of aromatic hydroxyl groups is 1. The van der Waals surface area contributed by atoms with E-state index in [1.807, 2.05) is 79.7 Å². The van der Waals surface area contributed by atoms with Crippen LogP contribution in [0.5, 0.6) is 11.5 Å². The molecule has 3 aromatic carbocycles. The molecule has 0 saturated carbocycles. The lowest BCUT2D eigenvalue weighted by atomic mass is 9.99. The van der Waals surface area contributed by atoms with Gasteiger partial charge in [0.05, 0.1) is 5.56 Å². The fraction of sp³-hybridized carbons (Fsp3) is 0.0909. The van der Waals surface area contributed by atoms with E-state index in [2.05, 4.69) is 0 Å². The maximum atomic E-state index is 10.3. The second-order valence-electron chi connectivity index (χ2n) is 5.59. The summed E-state index contributed by atoms with van der Waals surface area (Å²) in [5.41, 5.74) is 3.96. The first-order valence-corrected chi connectivity index (χ1v) is 7.98.